The highest BCUT2D eigenvalue weighted by Crippen LogP contribution is 2.05. The molecule has 0 radical (unpaired) electrons. The summed E-state index contributed by atoms with van der Waals surface area (Å²) >= 11 is 0. The van der Waals surface area contributed by atoms with E-state index in [0.29, 0.717) is 13.0 Å². The maximum Gasteiger partial charge on any atom is 0.224 e. The summed E-state index contributed by atoms with van der Waals surface area (Å²) in [5.41, 5.74) is 2.92. The number of carbonyl (C=O) groups is 1. The van der Waals surface area contributed by atoms with Gasteiger partial charge in [-0.1, -0.05) is 35.0 Å². The van der Waals surface area contributed by atoms with Crippen molar-refractivity contribution in [3.8, 4) is 0 Å². The van der Waals surface area contributed by atoms with E-state index in [1.54, 1.807) is 0 Å². The summed E-state index contributed by atoms with van der Waals surface area (Å²) in [6.07, 6.45) is 0.387. The SMILES string of the molecule is Cc1cccc(CC(=O)NCc2cc(C)on2)c1. The fourth-order valence-electron chi connectivity index (χ4n) is 1.76. The van der Waals surface area contributed by atoms with E-state index < -0.39 is 0 Å². The number of rotatable bonds is 4. The quantitative estimate of drug-likeness (QED) is 0.896. The number of nitrogens with one attached hydrogen (secondary N) is 1. The van der Waals surface area contributed by atoms with Gasteiger partial charge in [-0.25, -0.2) is 0 Å². The molecular weight excluding hydrogens is 228 g/mol. The lowest BCUT2D eigenvalue weighted by atomic mass is 10.1. The molecule has 0 fully saturated rings. The van der Waals surface area contributed by atoms with Gasteiger partial charge in [-0.3, -0.25) is 4.79 Å². The summed E-state index contributed by atoms with van der Waals surface area (Å²) in [7, 11) is 0. The molecule has 1 aromatic heterocycles. The number of aromatic nitrogens is 1. The van der Waals surface area contributed by atoms with Crippen LogP contribution in [0.2, 0.25) is 0 Å². The Balaban J connectivity index is 1.85. The van der Waals surface area contributed by atoms with Gasteiger partial charge in [-0.2, -0.15) is 0 Å². The molecule has 0 aliphatic carbocycles. The fourth-order valence-corrected chi connectivity index (χ4v) is 1.76. The monoisotopic (exact) mass is 244 g/mol. The van der Waals surface area contributed by atoms with Crippen molar-refractivity contribution in [1.29, 1.82) is 0 Å². The van der Waals surface area contributed by atoms with E-state index in [-0.39, 0.29) is 5.91 Å². The third-order valence-corrected chi connectivity index (χ3v) is 2.59. The van der Waals surface area contributed by atoms with Crippen LogP contribution in [0.5, 0.6) is 0 Å². The lowest BCUT2D eigenvalue weighted by molar-refractivity contribution is -0.120. The Hall–Kier alpha value is -2.10. The first-order valence-electron chi connectivity index (χ1n) is 5.88. The van der Waals surface area contributed by atoms with Crippen LogP contribution in [0.4, 0.5) is 0 Å². The molecule has 4 heteroatoms. The van der Waals surface area contributed by atoms with E-state index in [4.69, 9.17) is 4.52 Å². The Kier molecular flexibility index (Phi) is 3.77. The maximum absolute atomic E-state index is 11.7. The lowest BCUT2D eigenvalue weighted by Gasteiger charge is -2.03. The molecule has 94 valence electrons. The van der Waals surface area contributed by atoms with Crippen LogP contribution in [0, 0.1) is 13.8 Å². The van der Waals surface area contributed by atoms with E-state index in [1.165, 1.54) is 0 Å². The minimum absolute atomic E-state index is 0.0127. The number of hydrogen-bond donors (Lipinski definition) is 1. The molecule has 0 unspecified atom stereocenters. The van der Waals surface area contributed by atoms with Crippen LogP contribution in [0.1, 0.15) is 22.6 Å². The molecule has 0 aliphatic rings. The van der Waals surface area contributed by atoms with E-state index in [2.05, 4.69) is 10.5 Å². The third-order valence-electron chi connectivity index (χ3n) is 2.59. The van der Waals surface area contributed by atoms with Crippen molar-refractivity contribution in [3.63, 3.8) is 0 Å². The standard InChI is InChI=1S/C14H16N2O2/c1-10-4-3-5-12(6-10)8-14(17)15-9-13-7-11(2)18-16-13/h3-7H,8-9H2,1-2H3,(H,15,17). The second-order valence-corrected chi connectivity index (χ2v) is 4.37. The van der Waals surface area contributed by atoms with E-state index in [0.717, 1.165) is 22.6 Å². The zero-order chi connectivity index (χ0) is 13.0. The molecule has 1 heterocycles. The highest BCUT2D eigenvalue weighted by atomic mass is 16.5. The number of amides is 1. The van der Waals surface area contributed by atoms with Gasteiger partial charge in [0, 0.05) is 6.07 Å². The molecule has 1 amide bonds. The Bertz CT molecular complexity index is 546. The molecule has 0 saturated heterocycles. The predicted molar refractivity (Wildman–Crippen MR) is 68.0 cm³/mol. The Morgan fingerprint density at radius 3 is 2.83 bits per heavy atom. The molecule has 0 bridgehead atoms. The molecule has 1 N–H and O–H groups in total. The lowest BCUT2D eigenvalue weighted by Crippen LogP contribution is -2.24. The van der Waals surface area contributed by atoms with Crippen molar-refractivity contribution in [2.75, 3.05) is 0 Å². The number of aryl methyl sites for hydroxylation is 2. The molecule has 0 saturated carbocycles. The van der Waals surface area contributed by atoms with Gasteiger partial charge in [0.15, 0.2) is 0 Å². The van der Waals surface area contributed by atoms with Gasteiger partial charge >= 0.3 is 0 Å². The van der Waals surface area contributed by atoms with Crippen molar-refractivity contribution in [2.45, 2.75) is 26.8 Å². The van der Waals surface area contributed by atoms with Crippen molar-refractivity contribution >= 4 is 5.91 Å². The van der Waals surface area contributed by atoms with E-state index in [9.17, 15) is 4.79 Å². The van der Waals surface area contributed by atoms with Gasteiger partial charge in [0.1, 0.15) is 11.5 Å². The van der Waals surface area contributed by atoms with Crippen molar-refractivity contribution in [2.24, 2.45) is 0 Å². The summed E-state index contributed by atoms with van der Waals surface area (Å²) in [6, 6.07) is 9.75. The van der Waals surface area contributed by atoms with Crippen LogP contribution in [-0.4, -0.2) is 11.1 Å². The van der Waals surface area contributed by atoms with Crippen molar-refractivity contribution in [1.82, 2.24) is 10.5 Å². The minimum Gasteiger partial charge on any atom is -0.361 e. The zero-order valence-corrected chi connectivity index (χ0v) is 10.6. The van der Waals surface area contributed by atoms with Crippen molar-refractivity contribution in [3.05, 3.63) is 52.9 Å². The van der Waals surface area contributed by atoms with Gasteiger partial charge in [-0.15, -0.1) is 0 Å². The van der Waals surface area contributed by atoms with Gasteiger partial charge in [0.05, 0.1) is 13.0 Å². The molecule has 2 aromatic rings. The smallest absolute Gasteiger partial charge is 0.224 e. The van der Waals surface area contributed by atoms with E-state index >= 15 is 0 Å². The Morgan fingerprint density at radius 1 is 1.33 bits per heavy atom. The summed E-state index contributed by atoms with van der Waals surface area (Å²) in [5.74, 6) is 0.735. The highest BCUT2D eigenvalue weighted by Gasteiger charge is 2.05. The second kappa shape index (κ2) is 5.49. The summed E-state index contributed by atoms with van der Waals surface area (Å²) in [5, 5.41) is 6.64. The summed E-state index contributed by atoms with van der Waals surface area (Å²) in [4.78, 5) is 11.7. The molecule has 0 atom stereocenters. The topological polar surface area (TPSA) is 55.1 Å². The van der Waals surface area contributed by atoms with Gasteiger partial charge in [0.25, 0.3) is 0 Å². The average molecular weight is 244 g/mol. The van der Waals surface area contributed by atoms with Crippen LogP contribution in [0.25, 0.3) is 0 Å². The van der Waals surface area contributed by atoms with E-state index in [1.807, 2.05) is 44.2 Å². The minimum atomic E-state index is -0.0127. The van der Waals surface area contributed by atoms with Gasteiger partial charge in [0.2, 0.25) is 5.91 Å². The fraction of sp³-hybridized carbons (Fsp3) is 0.286. The van der Waals surface area contributed by atoms with Crippen LogP contribution in [-0.2, 0) is 17.8 Å². The number of hydrogen-bond acceptors (Lipinski definition) is 3. The molecule has 1 aromatic carbocycles. The maximum atomic E-state index is 11.7. The zero-order valence-electron chi connectivity index (χ0n) is 10.6. The largest absolute Gasteiger partial charge is 0.361 e. The first kappa shape index (κ1) is 12.4. The normalized spacial score (nSPS) is 10.3. The Labute approximate surface area is 106 Å². The van der Waals surface area contributed by atoms with Crippen LogP contribution in [0.15, 0.2) is 34.9 Å². The van der Waals surface area contributed by atoms with Crippen LogP contribution >= 0.6 is 0 Å². The number of nitrogens with zero attached hydrogens (tertiary/aromatic N) is 1. The van der Waals surface area contributed by atoms with Crippen LogP contribution < -0.4 is 5.32 Å². The summed E-state index contributed by atoms with van der Waals surface area (Å²) < 4.78 is 4.93. The molecule has 18 heavy (non-hydrogen) atoms. The van der Waals surface area contributed by atoms with Gasteiger partial charge in [-0.05, 0) is 19.4 Å². The predicted octanol–water partition coefficient (Wildman–Crippen LogP) is 2.15. The first-order valence-corrected chi connectivity index (χ1v) is 5.88. The van der Waals surface area contributed by atoms with Crippen LogP contribution in [0.3, 0.4) is 0 Å². The first-order chi connectivity index (χ1) is 8.63. The molecular formula is C14H16N2O2. The van der Waals surface area contributed by atoms with Crippen molar-refractivity contribution < 1.29 is 9.32 Å². The third kappa shape index (κ3) is 3.45. The molecule has 0 spiro atoms. The molecule has 0 aliphatic heterocycles. The number of carbonyl (C=O) groups excluding carboxylic acids is 1. The average Bonchev–Trinajstić information content (AvgIpc) is 2.73. The number of benzene rings is 1. The molecule has 2 rings (SSSR count). The highest BCUT2D eigenvalue weighted by molar-refractivity contribution is 5.78. The second-order valence-electron chi connectivity index (χ2n) is 4.37. The molecule has 4 nitrogen and oxygen atoms in total. The Morgan fingerprint density at radius 2 is 2.17 bits per heavy atom. The summed E-state index contributed by atoms with van der Waals surface area (Å²) in [6.45, 7) is 4.24. The van der Waals surface area contributed by atoms with Gasteiger partial charge < -0.3 is 9.84 Å².